The number of carbonyl (C=O) groups is 1. The Labute approximate surface area is 137 Å². The molecule has 0 N–H and O–H groups in total. The molecule has 1 atom stereocenters. The molecule has 0 bridgehead atoms. The molecule has 0 spiro atoms. The lowest BCUT2D eigenvalue weighted by atomic mass is 10.1. The first-order valence-corrected chi connectivity index (χ1v) is 7.71. The normalized spacial score (nSPS) is 12.0. The van der Waals surface area contributed by atoms with Crippen molar-refractivity contribution >= 4 is 6.16 Å². The Hall–Kier alpha value is -2.33. The number of carbonyl (C=O) groups excluding carboxylic acids is 1. The van der Waals surface area contributed by atoms with Gasteiger partial charge in [0.15, 0.2) is 0 Å². The highest BCUT2D eigenvalue weighted by Crippen LogP contribution is 2.19. The molecule has 4 nitrogen and oxygen atoms in total. The third-order valence-corrected chi connectivity index (χ3v) is 3.10. The van der Waals surface area contributed by atoms with E-state index < -0.39 is 6.16 Å². The van der Waals surface area contributed by atoms with Crippen LogP contribution >= 0.6 is 0 Å². The van der Waals surface area contributed by atoms with Gasteiger partial charge >= 0.3 is 6.16 Å². The number of rotatable bonds is 7. The Morgan fingerprint density at radius 3 is 2.13 bits per heavy atom. The van der Waals surface area contributed by atoms with Crippen LogP contribution in [0, 0.1) is 5.92 Å². The second-order valence-corrected chi connectivity index (χ2v) is 5.60. The third-order valence-electron chi connectivity index (χ3n) is 3.10. The minimum absolute atomic E-state index is 0.113. The first kappa shape index (κ1) is 17.0. The van der Waals surface area contributed by atoms with Gasteiger partial charge in [0.25, 0.3) is 0 Å². The van der Waals surface area contributed by atoms with Crippen LogP contribution in [0.25, 0.3) is 0 Å². The summed E-state index contributed by atoms with van der Waals surface area (Å²) >= 11 is 0. The number of benzene rings is 2. The van der Waals surface area contributed by atoms with Crippen LogP contribution in [0.15, 0.2) is 60.7 Å². The molecule has 0 radical (unpaired) electrons. The molecule has 2 aromatic carbocycles. The van der Waals surface area contributed by atoms with Gasteiger partial charge in [0.1, 0.15) is 18.5 Å². The van der Waals surface area contributed by atoms with Gasteiger partial charge in [-0.05, 0) is 23.6 Å². The molecule has 0 saturated carbocycles. The molecule has 1 unspecified atom stereocenters. The summed E-state index contributed by atoms with van der Waals surface area (Å²) in [7, 11) is 0. The van der Waals surface area contributed by atoms with Crippen LogP contribution in [-0.2, 0) is 9.47 Å². The molecular formula is C19H22O4. The molecule has 0 heterocycles. The summed E-state index contributed by atoms with van der Waals surface area (Å²) in [5.41, 5.74) is 0.973. The molecule has 122 valence electrons. The van der Waals surface area contributed by atoms with Gasteiger partial charge in [0.05, 0.1) is 0 Å². The quantitative estimate of drug-likeness (QED) is 0.553. The zero-order valence-electron chi connectivity index (χ0n) is 13.5. The zero-order valence-corrected chi connectivity index (χ0v) is 13.5. The minimum Gasteiger partial charge on any atom is -0.431 e. The Kier molecular flexibility index (Phi) is 6.63. The van der Waals surface area contributed by atoms with Gasteiger partial charge in [-0.2, -0.15) is 0 Å². The van der Waals surface area contributed by atoms with E-state index in [-0.39, 0.29) is 12.7 Å². The second-order valence-electron chi connectivity index (χ2n) is 5.60. The van der Waals surface area contributed by atoms with E-state index in [1.807, 2.05) is 36.4 Å². The van der Waals surface area contributed by atoms with Crippen molar-refractivity contribution in [3.63, 3.8) is 0 Å². The van der Waals surface area contributed by atoms with Crippen LogP contribution in [0.5, 0.6) is 5.75 Å². The van der Waals surface area contributed by atoms with Crippen molar-refractivity contribution in [3.8, 4) is 5.75 Å². The molecule has 2 rings (SSSR count). The van der Waals surface area contributed by atoms with Crippen LogP contribution in [0.4, 0.5) is 4.79 Å². The van der Waals surface area contributed by atoms with Gasteiger partial charge < -0.3 is 14.2 Å². The molecule has 4 heteroatoms. The van der Waals surface area contributed by atoms with Crippen molar-refractivity contribution in [3.05, 3.63) is 66.2 Å². The molecule has 0 aliphatic rings. The summed E-state index contributed by atoms with van der Waals surface area (Å²) in [5.74, 6) is 0.856. The van der Waals surface area contributed by atoms with E-state index in [0.717, 1.165) is 5.56 Å². The fourth-order valence-corrected chi connectivity index (χ4v) is 1.97. The van der Waals surface area contributed by atoms with E-state index >= 15 is 0 Å². The predicted octanol–water partition coefficient (Wildman–Crippen LogP) is 4.62. The van der Waals surface area contributed by atoms with Crippen LogP contribution < -0.4 is 4.74 Å². The Balaban J connectivity index is 1.91. The van der Waals surface area contributed by atoms with Crippen LogP contribution in [-0.4, -0.2) is 19.4 Å². The van der Waals surface area contributed by atoms with Gasteiger partial charge in [-0.25, -0.2) is 4.79 Å². The monoisotopic (exact) mass is 314 g/mol. The highest BCUT2D eigenvalue weighted by molar-refractivity contribution is 5.63. The van der Waals surface area contributed by atoms with E-state index in [9.17, 15) is 4.79 Å². The van der Waals surface area contributed by atoms with E-state index in [2.05, 4.69) is 13.8 Å². The first-order valence-electron chi connectivity index (χ1n) is 7.71. The lowest BCUT2D eigenvalue weighted by molar-refractivity contribution is -0.0160. The van der Waals surface area contributed by atoms with Crippen LogP contribution in [0.1, 0.15) is 25.5 Å². The van der Waals surface area contributed by atoms with Crippen molar-refractivity contribution in [1.29, 1.82) is 0 Å². The molecule has 2 aromatic rings. The fourth-order valence-electron chi connectivity index (χ4n) is 1.97. The van der Waals surface area contributed by atoms with Crippen LogP contribution in [0.2, 0.25) is 0 Å². The Morgan fingerprint density at radius 1 is 0.913 bits per heavy atom. The second kappa shape index (κ2) is 8.96. The Morgan fingerprint density at radius 2 is 1.52 bits per heavy atom. The summed E-state index contributed by atoms with van der Waals surface area (Å²) in [6, 6.07) is 18.6. The van der Waals surface area contributed by atoms with Gasteiger partial charge in [-0.1, -0.05) is 62.4 Å². The average molecular weight is 314 g/mol. The van der Waals surface area contributed by atoms with Crippen molar-refractivity contribution in [2.45, 2.75) is 20.0 Å². The van der Waals surface area contributed by atoms with E-state index in [1.165, 1.54) is 0 Å². The van der Waals surface area contributed by atoms with Crippen molar-refractivity contribution in [2.24, 2.45) is 5.92 Å². The summed E-state index contributed by atoms with van der Waals surface area (Å²) < 4.78 is 16.2. The average Bonchev–Trinajstić information content (AvgIpc) is 2.56. The summed E-state index contributed by atoms with van der Waals surface area (Å²) in [5, 5.41) is 0. The molecule has 23 heavy (non-hydrogen) atoms. The standard InChI is InChI=1S/C19H22O4/c1-15(2)13-21-18(16-9-5-3-6-10-16)14-22-19(20)23-17-11-7-4-8-12-17/h3-12,15,18H,13-14H2,1-2H3. The molecule has 0 saturated heterocycles. The smallest absolute Gasteiger partial charge is 0.431 e. The Bertz CT molecular complexity index is 581. The fraction of sp³-hybridized carbons (Fsp3) is 0.316. The van der Waals surface area contributed by atoms with E-state index in [4.69, 9.17) is 14.2 Å². The summed E-state index contributed by atoms with van der Waals surface area (Å²) in [6.07, 6.45) is -1.03. The lowest BCUT2D eigenvalue weighted by Gasteiger charge is -2.19. The van der Waals surface area contributed by atoms with Gasteiger partial charge in [0, 0.05) is 6.61 Å². The number of ether oxygens (including phenoxy) is 3. The third kappa shape index (κ3) is 6.12. The number of para-hydroxylation sites is 1. The molecule has 0 aliphatic heterocycles. The molecule has 0 aliphatic carbocycles. The highest BCUT2D eigenvalue weighted by Gasteiger charge is 2.16. The minimum atomic E-state index is -0.731. The van der Waals surface area contributed by atoms with Gasteiger partial charge in [0.2, 0.25) is 0 Å². The largest absolute Gasteiger partial charge is 0.513 e. The van der Waals surface area contributed by atoms with Crippen LogP contribution in [0.3, 0.4) is 0 Å². The van der Waals surface area contributed by atoms with Crippen molar-refractivity contribution in [1.82, 2.24) is 0 Å². The SMILES string of the molecule is CC(C)COC(COC(=O)Oc1ccccc1)c1ccccc1. The summed E-state index contributed by atoms with van der Waals surface area (Å²) in [4.78, 5) is 11.8. The molecule has 0 amide bonds. The molecular weight excluding hydrogens is 292 g/mol. The summed E-state index contributed by atoms with van der Waals surface area (Å²) in [6.45, 7) is 4.86. The van der Waals surface area contributed by atoms with E-state index in [0.29, 0.717) is 18.3 Å². The number of hydrogen-bond acceptors (Lipinski definition) is 4. The predicted molar refractivity (Wildman–Crippen MR) is 88.4 cm³/mol. The first-order chi connectivity index (χ1) is 11.1. The van der Waals surface area contributed by atoms with Gasteiger partial charge in [-0.3, -0.25) is 0 Å². The van der Waals surface area contributed by atoms with Crippen molar-refractivity contribution < 1.29 is 19.0 Å². The molecule has 0 aromatic heterocycles. The maximum atomic E-state index is 11.8. The number of hydrogen-bond donors (Lipinski definition) is 0. The van der Waals surface area contributed by atoms with Crippen molar-refractivity contribution in [2.75, 3.05) is 13.2 Å². The van der Waals surface area contributed by atoms with Gasteiger partial charge in [-0.15, -0.1) is 0 Å². The van der Waals surface area contributed by atoms with E-state index in [1.54, 1.807) is 24.3 Å². The lowest BCUT2D eigenvalue weighted by Crippen LogP contribution is -2.19. The molecule has 0 fully saturated rings. The maximum absolute atomic E-state index is 11.8. The highest BCUT2D eigenvalue weighted by atomic mass is 16.7. The zero-order chi connectivity index (χ0) is 16.5. The maximum Gasteiger partial charge on any atom is 0.513 e. The topological polar surface area (TPSA) is 44.8 Å².